The van der Waals surface area contributed by atoms with Gasteiger partial charge in [-0.05, 0) is 5.56 Å². The third-order valence-corrected chi connectivity index (χ3v) is 2.73. The molecule has 6 heteroatoms. The molecule has 0 amide bonds. The van der Waals surface area contributed by atoms with Crippen LogP contribution in [-0.4, -0.2) is 16.0 Å². The van der Waals surface area contributed by atoms with E-state index >= 15 is 0 Å². The van der Waals surface area contributed by atoms with Crippen molar-refractivity contribution in [1.29, 1.82) is 0 Å². The summed E-state index contributed by atoms with van der Waals surface area (Å²) in [4.78, 5) is 0. The number of hydrogen-bond donors (Lipinski definition) is 1. The van der Waals surface area contributed by atoms with Crippen molar-refractivity contribution in [3.05, 3.63) is 53.9 Å². The van der Waals surface area contributed by atoms with Crippen LogP contribution in [0.25, 0.3) is 0 Å². The molecule has 1 aromatic carbocycles. The zero-order valence-corrected chi connectivity index (χ0v) is 10.4. The van der Waals surface area contributed by atoms with E-state index in [0.29, 0.717) is 5.56 Å². The molecule has 0 radical (unpaired) electrons. The van der Waals surface area contributed by atoms with Gasteiger partial charge >= 0.3 is 6.18 Å². The van der Waals surface area contributed by atoms with Gasteiger partial charge in [0.15, 0.2) is 0 Å². The van der Waals surface area contributed by atoms with Crippen LogP contribution in [0.15, 0.2) is 42.7 Å². The molecule has 2 rings (SSSR count). The summed E-state index contributed by atoms with van der Waals surface area (Å²) in [6, 6.07) is 6.15. The third-order valence-electron chi connectivity index (χ3n) is 2.73. The summed E-state index contributed by atoms with van der Waals surface area (Å²) in [7, 11) is 1.72. The highest BCUT2D eigenvalue weighted by molar-refractivity contribution is 5.20. The van der Waals surface area contributed by atoms with Gasteiger partial charge < -0.3 is 0 Å². The molecular formula is C13H14F3N3. The minimum Gasteiger partial charge on any atom is -0.298 e. The van der Waals surface area contributed by atoms with E-state index in [1.807, 2.05) is 0 Å². The normalized spacial score (nSPS) is 13.5. The van der Waals surface area contributed by atoms with Crippen LogP contribution in [-0.2, 0) is 13.6 Å². The molecule has 1 unspecified atom stereocenters. The Kier molecular flexibility index (Phi) is 3.90. The van der Waals surface area contributed by atoms with Gasteiger partial charge in [-0.25, -0.2) is 0 Å². The van der Waals surface area contributed by atoms with E-state index in [2.05, 4.69) is 10.4 Å². The Balaban J connectivity index is 2.11. The van der Waals surface area contributed by atoms with E-state index < -0.39 is 12.2 Å². The SMILES string of the molecule is Cn1cc(CNC(c2ccccc2)C(F)(F)F)cn1. The van der Waals surface area contributed by atoms with Crippen LogP contribution in [0.2, 0.25) is 0 Å². The van der Waals surface area contributed by atoms with Crippen molar-refractivity contribution in [3.63, 3.8) is 0 Å². The van der Waals surface area contributed by atoms with Crippen molar-refractivity contribution in [2.24, 2.45) is 7.05 Å². The van der Waals surface area contributed by atoms with Crippen LogP contribution < -0.4 is 5.32 Å². The second-order valence-electron chi connectivity index (χ2n) is 4.29. The molecule has 19 heavy (non-hydrogen) atoms. The molecule has 0 aliphatic heterocycles. The number of alkyl halides is 3. The maximum atomic E-state index is 13.0. The van der Waals surface area contributed by atoms with Crippen LogP contribution in [0, 0.1) is 0 Å². The molecule has 3 nitrogen and oxygen atoms in total. The van der Waals surface area contributed by atoms with Crippen molar-refractivity contribution in [2.45, 2.75) is 18.8 Å². The van der Waals surface area contributed by atoms with Crippen molar-refractivity contribution in [1.82, 2.24) is 15.1 Å². The second-order valence-corrected chi connectivity index (χ2v) is 4.29. The van der Waals surface area contributed by atoms with Gasteiger partial charge in [-0.2, -0.15) is 18.3 Å². The average Bonchev–Trinajstić information content (AvgIpc) is 2.75. The van der Waals surface area contributed by atoms with E-state index in [-0.39, 0.29) is 12.1 Å². The van der Waals surface area contributed by atoms with Gasteiger partial charge in [0, 0.05) is 25.4 Å². The molecule has 0 saturated carbocycles. The fourth-order valence-corrected chi connectivity index (χ4v) is 1.85. The first-order chi connectivity index (χ1) is 8.97. The molecule has 0 spiro atoms. The van der Waals surface area contributed by atoms with Crippen molar-refractivity contribution in [2.75, 3.05) is 0 Å². The molecule has 1 atom stereocenters. The first kappa shape index (κ1) is 13.6. The topological polar surface area (TPSA) is 29.9 Å². The Morgan fingerprint density at radius 1 is 1.26 bits per heavy atom. The minimum absolute atomic E-state index is 0.118. The zero-order valence-electron chi connectivity index (χ0n) is 10.4. The van der Waals surface area contributed by atoms with E-state index in [0.717, 1.165) is 0 Å². The predicted octanol–water partition coefficient (Wildman–Crippen LogP) is 2.81. The van der Waals surface area contributed by atoms with Crippen LogP contribution in [0.1, 0.15) is 17.2 Å². The predicted molar refractivity (Wildman–Crippen MR) is 65.3 cm³/mol. The molecule has 1 N–H and O–H groups in total. The maximum Gasteiger partial charge on any atom is 0.407 e. The quantitative estimate of drug-likeness (QED) is 0.925. The molecule has 2 aromatic rings. The summed E-state index contributed by atoms with van der Waals surface area (Å²) in [6.45, 7) is 0.118. The Bertz CT molecular complexity index is 519. The molecular weight excluding hydrogens is 255 g/mol. The van der Waals surface area contributed by atoms with Crippen molar-refractivity contribution in [3.8, 4) is 0 Å². The Morgan fingerprint density at radius 2 is 1.95 bits per heavy atom. The summed E-state index contributed by atoms with van der Waals surface area (Å²) >= 11 is 0. The van der Waals surface area contributed by atoms with E-state index in [1.165, 1.54) is 12.1 Å². The number of nitrogens with one attached hydrogen (secondary N) is 1. The fraction of sp³-hybridized carbons (Fsp3) is 0.308. The van der Waals surface area contributed by atoms with Gasteiger partial charge in [0.25, 0.3) is 0 Å². The van der Waals surface area contributed by atoms with Crippen LogP contribution in [0.5, 0.6) is 0 Å². The molecule has 0 fully saturated rings. The van der Waals surface area contributed by atoms with E-state index in [9.17, 15) is 13.2 Å². The van der Waals surface area contributed by atoms with Crippen molar-refractivity contribution >= 4 is 0 Å². The van der Waals surface area contributed by atoms with Gasteiger partial charge in [0.1, 0.15) is 6.04 Å². The van der Waals surface area contributed by atoms with Gasteiger partial charge in [-0.15, -0.1) is 0 Å². The lowest BCUT2D eigenvalue weighted by atomic mass is 10.1. The number of halogens is 3. The van der Waals surface area contributed by atoms with Gasteiger partial charge in [0.05, 0.1) is 6.20 Å². The molecule has 1 aromatic heterocycles. The number of rotatable bonds is 4. The standard InChI is InChI=1S/C13H14F3N3/c1-19-9-10(8-18-19)7-17-12(13(14,15)16)11-5-3-2-4-6-11/h2-6,8-9,12,17H,7H2,1H3. The van der Waals surface area contributed by atoms with E-state index in [1.54, 1.807) is 42.3 Å². The van der Waals surface area contributed by atoms with Crippen LogP contribution >= 0.6 is 0 Å². The lowest BCUT2D eigenvalue weighted by molar-refractivity contribution is -0.158. The number of aromatic nitrogens is 2. The number of hydrogen-bond acceptors (Lipinski definition) is 2. The lowest BCUT2D eigenvalue weighted by Gasteiger charge is -2.21. The smallest absolute Gasteiger partial charge is 0.298 e. The van der Waals surface area contributed by atoms with E-state index in [4.69, 9.17) is 0 Å². The summed E-state index contributed by atoms with van der Waals surface area (Å²) in [6.07, 6.45) is -1.10. The van der Waals surface area contributed by atoms with Gasteiger partial charge in [-0.1, -0.05) is 30.3 Å². The van der Waals surface area contributed by atoms with Gasteiger partial charge in [-0.3, -0.25) is 10.00 Å². The first-order valence-corrected chi connectivity index (χ1v) is 5.79. The highest BCUT2D eigenvalue weighted by Crippen LogP contribution is 2.32. The number of aryl methyl sites for hydroxylation is 1. The van der Waals surface area contributed by atoms with Crippen molar-refractivity contribution < 1.29 is 13.2 Å². The van der Waals surface area contributed by atoms with Gasteiger partial charge in [0.2, 0.25) is 0 Å². The zero-order chi connectivity index (χ0) is 13.9. The summed E-state index contributed by atoms with van der Waals surface area (Å²) in [5.74, 6) is 0. The average molecular weight is 269 g/mol. The highest BCUT2D eigenvalue weighted by atomic mass is 19.4. The minimum atomic E-state index is -4.33. The lowest BCUT2D eigenvalue weighted by Crippen LogP contribution is -2.33. The Labute approximate surface area is 109 Å². The largest absolute Gasteiger partial charge is 0.407 e. The Hall–Kier alpha value is -1.82. The molecule has 0 aliphatic carbocycles. The summed E-state index contributed by atoms with van der Waals surface area (Å²) in [5.41, 5.74) is 0.923. The third kappa shape index (κ3) is 3.57. The summed E-state index contributed by atoms with van der Waals surface area (Å²) in [5, 5.41) is 6.45. The number of benzene rings is 1. The molecule has 0 saturated heterocycles. The molecule has 0 bridgehead atoms. The highest BCUT2D eigenvalue weighted by Gasteiger charge is 2.40. The molecule has 102 valence electrons. The molecule has 0 aliphatic rings. The monoisotopic (exact) mass is 269 g/mol. The molecule has 1 heterocycles. The van der Waals surface area contributed by atoms with Crippen LogP contribution in [0.4, 0.5) is 13.2 Å². The second kappa shape index (κ2) is 5.44. The number of nitrogens with zero attached hydrogens (tertiary/aromatic N) is 2. The first-order valence-electron chi connectivity index (χ1n) is 5.79. The maximum absolute atomic E-state index is 13.0. The summed E-state index contributed by atoms with van der Waals surface area (Å²) < 4.78 is 40.6. The van der Waals surface area contributed by atoms with Crippen LogP contribution in [0.3, 0.4) is 0 Å². The fourth-order valence-electron chi connectivity index (χ4n) is 1.85. The Morgan fingerprint density at radius 3 is 2.47 bits per heavy atom.